The standard InChI is InChI=1S/C20H20O6S/c1-2-3-13-25-27(23)26-20(18(21)15-9-5-4-6-10-15)14-24-17-12-8-7-11-16(17)19(20)22/h4-12H,2-3,13-14H2,1H3. The molecule has 0 radical (unpaired) electrons. The number of ketones is 2. The molecule has 2 aromatic rings. The molecule has 0 amide bonds. The lowest BCUT2D eigenvalue weighted by molar-refractivity contribution is 0.0160. The molecule has 0 aromatic heterocycles. The van der Waals surface area contributed by atoms with Crippen molar-refractivity contribution in [1.82, 2.24) is 0 Å². The molecule has 7 heteroatoms. The van der Waals surface area contributed by atoms with Crippen molar-refractivity contribution >= 4 is 22.9 Å². The molecule has 27 heavy (non-hydrogen) atoms. The lowest BCUT2D eigenvalue weighted by Crippen LogP contribution is -2.56. The minimum atomic E-state index is -2.27. The van der Waals surface area contributed by atoms with E-state index >= 15 is 0 Å². The summed E-state index contributed by atoms with van der Waals surface area (Å²) in [6, 6.07) is 14.8. The Morgan fingerprint density at radius 2 is 1.85 bits per heavy atom. The molecule has 0 saturated heterocycles. The van der Waals surface area contributed by atoms with Gasteiger partial charge in [0.1, 0.15) is 12.4 Å². The van der Waals surface area contributed by atoms with Crippen LogP contribution in [0.4, 0.5) is 0 Å². The summed E-state index contributed by atoms with van der Waals surface area (Å²) >= 11 is -2.27. The summed E-state index contributed by atoms with van der Waals surface area (Å²) in [6.07, 6.45) is 1.53. The van der Waals surface area contributed by atoms with Crippen LogP contribution in [0.1, 0.15) is 40.5 Å². The number of hydrogen-bond donors (Lipinski definition) is 0. The quantitative estimate of drug-likeness (QED) is 0.392. The zero-order valence-electron chi connectivity index (χ0n) is 14.9. The summed E-state index contributed by atoms with van der Waals surface area (Å²) in [5.74, 6) is -0.846. The highest BCUT2D eigenvalue weighted by Crippen LogP contribution is 2.34. The highest BCUT2D eigenvalue weighted by atomic mass is 32.2. The Morgan fingerprint density at radius 3 is 2.59 bits per heavy atom. The monoisotopic (exact) mass is 388 g/mol. The van der Waals surface area contributed by atoms with Crippen molar-refractivity contribution in [2.75, 3.05) is 13.2 Å². The van der Waals surface area contributed by atoms with Crippen LogP contribution in [0.5, 0.6) is 5.75 Å². The Balaban J connectivity index is 1.96. The van der Waals surface area contributed by atoms with Gasteiger partial charge in [0.25, 0.3) is 0 Å². The molecule has 0 spiro atoms. The summed E-state index contributed by atoms with van der Waals surface area (Å²) in [7, 11) is 0. The number of carbonyl (C=O) groups is 2. The summed E-state index contributed by atoms with van der Waals surface area (Å²) < 4.78 is 28.5. The Hall–Kier alpha value is -2.35. The highest BCUT2D eigenvalue weighted by molar-refractivity contribution is 7.75. The van der Waals surface area contributed by atoms with Gasteiger partial charge >= 0.3 is 11.4 Å². The molecule has 3 rings (SSSR count). The van der Waals surface area contributed by atoms with Crippen molar-refractivity contribution in [3.8, 4) is 5.75 Å². The number of ether oxygens (including phenoxy) is 1. The normalized spacial score (nSPS) is 19.8. The van der Waals surface area contributed by atoms with E-state index in [0.717, 1.165) is 6.42 Å². The average Bonchev–Trinajstić information content (AvgIpc) is 2.71. The first kappa shape index (κ1) is 19.4. The number of para-hydroxylation sites is 1. The van der Waals surface area contributed by atoms with Gasteiger partial charge in [-0.05, 0) is 18.6 Å². The van der Waals surface area contributed by atoms with Crippen molar-refractivity contribution in [2.24, 2.45) is 0 Å². The Kier molecular flexibility index (Phi) is 6.15. The largest absolute Gasteiger partial charge is 0.489 e. The van der Waals surface area contributed by atoms with Gasteiger partial charge in [-0.1, -0.05) is 55.8 Å². The molecule has 0 saturated carbocycles. The number of rotatable bonds is 8. The van der Waals surface area contributed by atoms with Crippen molar-refractivity contribution in [3.05, 3.63) is 65.7 Å². The lowest BCUT2D eigenvalue weighted by atomic mass is 9.84. The third-order valence-corrected chi connectivity index (χ3v) is 5.00. The molecular formula is C20H20O6S. The van der Waals surface area contributed by atoms with Gasteiger partial charge in [-0.25, -0.2) is 4.18 Å². The molecule has 6 nitrogen and oxygen atoms in total. The fourth-order valence-corrected chi connectivity index (χ4v) is 3.48. The van der Waals surface area contributed by atoms with E-state index in [1.807, 2.05) is 6.92 Å². The van der Waals surface area contributed by atoms with Gasteiger partial charge < -0.3 is 4.74 Å². The Bertz CT molecular complexity index is 851. The van der Waals surface area contributed by atoms with Crippen LogP contribution in [0.3, 0.4) is 0 Å². The molecule has 2 unspecified atom stereocenters. The van der Waals surface area contributed by atoms with E-state index in [1.54, 1.807) is 54.6 Å². The summed E-state index contributed by atoms with van der Waals surface area (Å²) in [6.45, 7) is 1.78. The van der Waals surface area contributed by atoms with Crippen molar-refractivity contribution < 1.29 is 26.9 Å². The molecular weight excluding hydrogens is 368 g/mol. The van der Waals surface area contributed by atoms with Gasteiger partial charge in [0.05, 0.1) is 12.2 Å². The van der Waals surface area contributed by atoms with E-state index in [4.69, 9.17) is 13.1 Å². The predicted molar refractivity (Wildman–Crippen MR) is 99.9 cm³/mol. The van der Waals surface area contributed by atoms with E-state index in [1.165, 1.54) is 0 Å². The molecule has 1 aliphatic rings. The van der Waals surface area contributed by atoms with Crippen molar-refractivity contribution in [2.45, 2.75) is 25.4 Å². The van der Waals surface area contributed by atoms with Gasteiger partial charge in [0.2, 0.25) is 17.2 Å². The number of fused-ring (bicyclic) bond motifs is 1. The van der Waals surface area contributed by atoms with Crippen LogP contribution in [0.15, 0.2) is 54.6 Å². The van der Waals surface area contributed by atoms with Gasteiger partial charge in [-0.15, -0.1) is 0 Å². The first-order valence-electron chi connectivity index (χ1n) is 8.69. The minimum Gasteiger partial charge on any atom is -0.489 e. The van der Waals surface area contributed by atoms with Crippen LogP contribution in [-0.2, 0) is 19.7 Å². The molecule has 142 valence electrons. The van der Waals surface area contributed by atoms with E-state index in [-0.39, 0.29) is 24.3 Å². The van der Waals surface area contributed by atoms with Crippen LogP contribution in [0, 0.1) is 0 Å². The van der Waals surface area contributed by atoms with Crippen LogP contribution in [0.25, 0.3) is 0 Å². The minimum absolute atomic E-state index is 0.199. The van der Waals surface area contributed by atoms with Crippen LogP contribution < -0.4 is 4.74 Å². The van der Waals surface area contributed by atoms with Crippen LogP contribution in [-0.4, -0.2) is 34.6 Å². The third kappa shape index (κ3) is 4.00. The number of benzene rings is 2. The Labute approximate surface area is 160 Å². The number of hydrogen-bond acceptors (Lipinski definition) is 6. The predicted octanol–water partition coefficient (Wildman–Crippen LogP) is 3.30. The molecule has 1 heterocycles. The second-order valence-corrected chi connectivity index (χ2v) is 6.91. The first-order chi connectivity index (χ1) is 13.1. The van der Waals surface area contributed by atoms with Gasteiger partial charge in [-0.2, -0.15) is 4.21 Å². The first-order valence-corrected chi connectivity index (χ1v) is 9.69. The lowest BCUT2D eigenvalue weighted by Gasteiger charge is -2.33. The number of Topliss-reactive ketones (excluding diaryl/α,β-unsaturated/α-hetero) is 2. The molecule has 0 aliphatic carbocycles. The summed E-state index contributed by atoms with van der Waals surface area (Å²) in [5, 5.41) is 0. The Morgan fingerprint density at radius 1 is 1.15 bits per heavy atom. The van der Waals surface area contributed by atoms with Crippen molar-refractivity contribution in [3.63, 3.8) is 0 Å². The fourth-order valence-electron chi connectivity index (χ4n) is 2.75. The highest BCUT2D eigenvalue weighted by Gasteiger charge is 2.54. The van der Waals surface area contributed by atoms with Crippen LogP contribution in [0.2, 0.25) is 0 Å². The maximum Gasteiger partial charge on any atom is 0.306 e. The smallest absolute Gasteiger partial charge is 0.306 e. The SMILES string of the molecule is CCCCOS(=O)OC1(C(=O)c2ccccc2)COc2ccccc2C1=O. The summed E-state index contributed by atoms with van der Waals surface area (Å²) in [5.41, 5.74) is -1.59. The second kappa shape index (κ2) is 8.56. The summed E-state index contributed by atoms with van der Waals surface area (Å²) in [4.78, 5) is 26.4. The van der Waals surface area contributed by atoms with Crippen molar-refractivity contribution in [1.29, 1.82) is 0 Å². The zero-order chi connectivity index (χ0) is 19.3. The van der Waals surface area contributed by atoms with Crippen LogP contribution >= 0.6 is 0 Å². The average molecular weight is 388 g/mol. The second-order valence-electron chi connectivity index (χ2n) is 6.10. The third-order valence-electron chi connectivity index (χ3n) is 4.22. The van der Waals surface area contributed by atoms with Gasteiger partial charge in [0.15, 0.2) is 0 Å². The topological polar surface area (TPSA) is 78.9 Å². The maximum atomic E-state index is 13.2. The number of carbonyl (C=O) groups excluding carboxylic acids is 2. The van der Waals surface area contributed by atoms with Gasteiger partial charge in [0, 0.05) is 5.56 Å². The molecule has 2 atom stereocenters. The number of unbranched alkanes of at least 4 members (excludes halogenated alkanes) is 1. The fraction of sp³-hybridized carbons (Fsp3) is 0.300. The maximum absolute atomic E-state index is 13.2. The molecule has 0 bridgehead atoms. The van der Waals surface area contributed by atoms with E-state index in [9.17, 15) is 13.8 Å². The van der Waals surface area contributed by atoms with E-state index in [0.29, 0.717) is 12.2 Å². The molecule has 2 aromatic carbocycles. The van der Waals surface area contributed by atoms with E-state index in [2.05, 4.69) is 0 Å². The van der Waals surface area contributed by atoms with Gasteiger partial charge in [-0.3, -0.25) is 13.8 Å². The molecule has 0 N–H and O–H groups in total. The molecule has 0 fully saturated rings. The molecule has 1 aliphatic heterocycles. The van der Waals surface area contributed by atoms with E-state index < -0.39 is 28.5 Å². The zero-order valence-corrected chi connectivity index (χ0v) is 15.7.